The van der Waals surface area contributed by atoms with E-state index < -0.39 is 11.9 Å². The Bertz CT molecular complexity index is 447. The van der Waals surface area contributed by atoms with Gasteiger partial charge in [-0.3, -0.25) is 0 Å². The summed E-state index contributed by atoms with van der Waals surface area (Å²) in [5, 5.41) is 17.1. The smallest absolute Gasteiger partial charge is 0.330 e. The SMILES string of the molecule is C/C(=C\CC1CO1)C(=O)O.CCCCC(CC)C/C=C(\C)C(=O)O. The normalized spacial score (nSPS) is 18.4. The molecule has 1 heterocycles. The van der Waals surface area contributed by atoms with Gasteiger partial charge in [-0.2, -0.15) is 0 Å². The van der Waals surface area contributed by atoms with Crippen molar-refractivity contribution >= 4 is 11.9 Å². The summed E-state index contributed by atoms with van der Waals surface area (Å²) in [6.07, 6.45) is 10.3. The standard InChI is InChI=1S/C12H22O2.C7H10O3/c1-4-6-7-11(5-2)9-8-10(3)12(13)14;1-5(7(8)9)2-3-6-4-10-6/h8,11H,4-7,9H2,1-3H3,(H,13,14);2,6H,3-4H2,1H3,(H,8,9)/b10-8+;5-2+. The molecule has 0 aliphatic carbocycles. The largest absolute Gasteiger partial charge is 0.478 e. The molecule has 1 rings (SSSR count). The first-order valence-corrected chi connectivity index (χ1v) is 8.73. The quantitative estimate of drug-likeness (QED) is 0.454. The number of carboxylic acids is 2. The zero-order valence-corrected chi connectivity index (χ0v) is 15.4. The molecule has 5 nitrogen and oxygen atoms in total. The molecular formula is C19H32O5. The summed E-state index contributed by atoms with van der Waals surface area (Å²) < 4.78 is 4.90. The summed E-state index contributed by atoms with van der Waals surface area (Å²) in [6.45, 7) is 8.39. The third-order valence-corrected chi connectivity index (χ3v) is 4.06. The minimum Gasteiger partial charge on any atom is -0.478 e. The number of carbonyl (C=O) groups is 2. The minimum absolute atomic E-state index is 0.286. The monoisotopic (exact) mass is 340 g/mol. The lowest BCUT2D eigenvalue weighted by Gasteiger charge is -2.11. The van der Waals surface area contributed by atoms with E-state index in [-0.39, 0.29) is 6.10 Å². The van der Waals surface area contributed by atoms with Crippen molar-refractivity contribution in [2.75, 3.05) is 6.61 Å². The molecule has 138 valence electrons. The summed E-state index contributed by atoms with van der Waals surface area (Å²) in [6, 6.07) is 0. The summed E-state index contributed by atoms with van der Waals surface area (Å²) >= 11 is 0. The molecular weight excluding hydrogens is 308 g/mol. The molecule has 0 aromatic heterocycles. The average molecular weight is 340 g/mol. The van der Waals surface area contributed by atoms with Crippen molar-refractivity contribution in [1.82, 2.24) is 0 Å². The number of aliphatic carboxylic acids is 2. The van der Waals surface area contributed by atoms with Crippen LogP contribution < -0.4 is 0 Å². The van der Waals surface area contributed by atoms with Crippen LogP contribution in [0.3, 0.4) is 0 Å². The average Bonchev–Trinajstić information content (AvgIpc) is 3.37. The lowest BCUT2D eigenvalue weighted by molar-refractivity contribution is -0.133. The molecule has 1 saturated heterocycles. The Morgan fingerprint density at radius 1 is 1.12 bits per heavy atom. The highest BCUT2D eigenvalue weighted by Crippen LogP contribution is 2.18. The maximum absolute atomic E-state index is 10.5. The molecule has 0 aromatic rings. The van der Waals surface area contributed by atoms with Crippen molar-refractivity contribution < 1.29 is 24.5 Å². The van der Waals surface area contributed by atoms with Crippen molar-refractivity contribution in [3.63, 3.8) is 0 Å². The molecule has 2 atom stereocenters. The topological polar surface area (TPSA) is 87.1 Å². The second-order valence-electron chi connectivity index (χ2n) is 6.23. The predicted molar refractivity (Wildman–Crippen MR) is 95.1 cm³/mol. The van der Waals surface area contributed by atoms with Crippen LogP contribution in [0.5, 0.6) is 0 Å². The fourth-order valence-corrected chi connectivity index (χ4v) is 2.01. The van der Waals surface area contributed by atoms with Crippen molar-refractivity contribution in [1.29, 1.82) is 0 Å². The summed E-state index contributed by atoms with van der Waals surface area (Å²) in [4.78, 5) is 20.8. The van der Waals surface area contributed by atoms with Crippen LogP contribution in [0.2, 0.25) is 0 Å². The molecule has 1 aliphatic heterocycles. The van der Waals surface area contributed by atoms with Crippen LogP contribution in [0.25, 0.3) is 0 Å². The van der Waals surface area contributed by atoms with E-state index in [1.165, 1.54) is 19.3 Å². The number of rotatable bonds is 10. The van der Waals surface area contributed by atoms with E-state index in [4.69, 9.17) is 14.9 Å². The van der Waals surface area contributed by atoms with E-state index in [0.29, 0.717) is 17.1 Å². The van der Waals surface area contributed by atoms with E-state index in [1.54, 1.807) is 19.9 Å². The van der Waals surface area contributed by atoms with E-state index >= 15 is 0 Å². The number of epoxide rings is 1. The zero-order chi connectivity index (χ0) is 18.5. The first kappa shape index (κ1) is 22.4. The van der Waals surface area contributed by atoms with E-state index in [0.717, 1.165) is 25.9 Å². The number of carboxylic acid groups (broad SMARTS) is 2. The van der Waals surface area contributed by atoms with Crippen LogP contribution in [-0.4, -0.2) is 34.9 Å². The Morgan fingerprint density at radius 2 is 1.67 bits per heavy atom. The van der Waals surface area contributed by atoms with Gasteiger partial charge in [-0.25, -0.2) is 9.59 Å². The van der Waals surface area contributed by atoms with Gasteiger partial charge in [-0.1, -0.05) is 51.7 Å². The van der Waals surface area contributed by atoms with Gasteiger partial charge in [0.25, 0.3) is 0 Å². The predicted octanol–water partition coefficient (Wildman–Crippen LogP) is 4.43. The highest BCUT2D eigenvalue weighted by Gasteiger charge is 2.20. The Labute approximate surface area is 145 Å². The number of unbranched alkanes of at least 4 members (excludes halogenated alkanes) is 1. The van der Waals surface area contributed by atoms with E-state index in [2.05, 4.69) is 13.8 Å². The third-order valence-electron chi connectivity index (χ3n) is 4.06. The Hall–Kier alpha value is -1.62. The molecule has 0 saturated carbocycles. The molecule has 2 N–H and O–H groups in total. The Balaban J connectivity index is 0.000000463. The molecule has 0 radical (unpaired) electrons. The molecule has 5 heteroatoms. The van der Waals surface area contributed by atoms with Gasteiger partial charge in [0.2, 0.25) is 0 Å². The van der Waals surface area contributed by atoms with Crippen LogP contribution in [0, 0.1) is 5.92 Å². The second kappa shape index (κ2) is 12.8. The highest BCUT2D eigenvalue weighted by atomic mass is 16.6. The molecule has 1 fully saturated rings. The first-order chi connectivity index (χ1) is 11.3. The van der Waals surface area contributed by atoms with Crippen molar-refractivity contribution in [2.24, 2.45) is 5.92 Å². The molecule has 0 amide bonds. The summed E-state index contributed by atoms with van der Waals surface area (Å²) in [5.74, 6) is -0.986. The van der Waals surface area contributed by atoms with Crippen LogP contribution >= 0.6 is 0 Å². The number of hydrogen-bond acceptors (Lipinski definition) is 3. The lowest BCUT2D eigenvalue weighted by atomic mass is 9.95. The number of ether oxygens (including phenoxy) is 1. The number of hydrogen-bond donors (Lipinski definition) is 2. The fourth-order valence-electron chi connectivity index (χ4n) is 2.01. The number of allylic oxidation sites excluding steroid dienone is 1. The van der Waals surface area contributed by atoms with Gasteiger partial charge in [-0.15, -0.1) is 0 Å². The Kier molecular flexibility index (Phi) is 11.9. The summed E-state index contributed by atoms with van der Waals surface area (Å²) in [5.41, 5.74) is 0.871. The molecule has 24 heavy (non-hydrogen) atoms. The zero-order valence-electron chi connectivity index (χ0n) is 15.4. The van der Waals surface area contributed by atoms with Crippen LogP contribution in [0.4, 0.5) is 0 Å². The molecule has 0 aromatic carbocycles. The molecule has 2 unspecified atom stereocenters. The van der Waals surface area contributed by atoms with Crippen molar-refractivity contribution in [2.45, 2.75) is 72.3 Å². The van der Waals surface area contributed by atoms with Crippen LogP contribution in [0.15, 0.2) is 23.3 Å². The van der Waals surface area contributed by atoms with Crippen molar-refractivity contribution in [3.8, 4) is 0 Å². The van der Waals surface area contributed by atoms with E-state index in [1.807, 2.05) is 6.08 Å². The van der Waals surface area contributed by atoms with Gasteiger partial charge in [0.1, 0.15) is 0 Å². The maximum atomic E-state index is 10.5. The summed E-state index contributed by atoms with van der Waals surface area (Å²) in [7, 11) is 0. The van der Waals surface area contributed by atoms with Gasteiger partial charge in [0.05, 0.1) is 12.7 Å². The first-order valence-electron chi connectivity index (χ1n) is 8.73. The molecule has 0 bridgehead atoms. The maximum Gasteiger partial charge on any atom is 0.330 e. The van der Waals surface area contributed by atoms with Crippen LogP contribution in [-0.2, 0) is 14.3 Å². The Morgan fingerprint density at radius 3 is 2.08 bits per heavy atom. The lowest BCUT2D eigenvalue weighted by Crippen LogP contribution is -2.00. The van der Waals surface area contributed by atoms with E-state index in [9.17, 15) is 9.59 Å². The molecule has 1 aliphatic rings. The van der Waals surface area contributed by atoms with Gasteiger partial charge >= 0.3 is 11.9 Å². The van der Waals surface area contributed by atoms with Crippen molar-refractivity contribution in [3.05, 3.63) is 23.3 Å². The van der Waals surface area contributed by atoms with Crippen LogP contribution in [0.1, 0.15) is 66.2 Å². The minimum atomic E-state index is -0.847. The second-order valence-corrected chi connectivity index (χ2v) is 6.23. The third kappa shape index (κ3) is 11.9. The van der Waals surface area contributed by atoms with Gasteiger partial charge in [0, 0.05) is 11.1 Å². The highest BCUT2D eigenvalue weighted by molar-refractivity contribution is 5.86. The van der Waals surface area contributed by atoms with Gasteiger partial charge in [0.15, 0.2) is 0 Å². The van der Waals surface area contributed by atoms with Gasteiger partial charge in [-0.05, 0) is 32.6 Å². The van der Waals surface area contributed by atoms with Gasteiger partial charge < -0.3 is 14.9 Å². The fraction of sp³-hybridized carbons (Fsp3) is 0.684. The molecule has 0 spiro atoms.